The van der Waals surface area contributed by atoms with Gasteiger partial charge in [0.25, 0.3) is 5.91 Å². The predicted molar refractivity (Wildman–Crippen MR) is 106 cm³/mol. The minimum absolute atomic E-state index is 0.0328. The van der Waals surface area contributed by atoms with Gasteiger partial charge in [-0.1, -0.05) is 41.9 Å². The minimum Gasteiger partial charge on any atom is -0.355 e. The van der Waals surface area contributed by atoms with Crippen molar-refractivity contribution < 1.29 is 9.18 Å². The number of nitrogens with one attached hydrogen (secondary N) is 1. The van der Waals surface area contributed by atoms with Crippen LogP contribution in [0, 0.1) is 5.82 Å². The third-order valence-electron chi connectivity index (χ3n) is 4.07. The number of aromatic nitrogens is 1. The van der Waals surface area contributed by atoms with E-state index >= 15 is 0 Å². The molecular weight excluding hydrogens is 365 g/mol. The molecule has 0 fully saturated rings. The Kier molecular flexibility index (Phi) is 6.04. The average molecular weight is 384 g/mol. The van der Waals surface area contributed by atoms with Crippen LogP contribution in [0.5, 0.6) is 0 Å². The molecule has 138 valence electrons. The highest BCUT2D eigenvalue weighted by molar-refractivity contribution is 6.31. The molecule has 1 N–H and O–H groups in total. The van der Waals surface area contributed by atoms with Crippen molar-refractivity contribution in [3.05, 3.63) is 89.0 Å². The molecule has 3 aromatic rings. The van der Waals surface area contributed by atoms with Gasteiger partial charge in [-0.25, -0.2) is 4.39 Å². The molecule has 1 amide bonds. The van der Waals surface area contributed by atoms with Gasteiger partial charge in [0, 0.05) is 30.7 Å². The lowest BCUT2D eigenvalue weighted by atomic mass is 10.2. The molecule has 0 aliphatic heterocycles. The number of benzene rings is 2. The van der Waals surface area contributed by atoms with Crippen LogP contribution in [0.2, 0.25) is 5.02 Å². The van der Waals surface area contributed by atoms with E-state index in [0.717, 1.165) is 5.56 Å². The first-order chi connectivity index (χ1) is 13.1. The molecule has 0 bridgehead atoms. The summed E-state index contributed by atoms with van der Waals surface area (Å²) < 4.78 is 13.3. The standard InChI is InChI=1S/C21H19ClFN3O/c1-2-26(14-15-6-4-3-5-7-15)21(27)20-13-17(10-11-24-20)25-16-8-9-19(23)18(22)12-16/h3-13H,2,14H2,1H3,(H,24,25). The predicted octanol–water partition coefficient (Wildman–Crippen LogP) is 5.28. The Hall–Kier alpha value is -2.92. The minimum atomic E-state index is -0.479. The van der Waals surface area contributed by atoms with Crippen molar-refractivity contribution in [2.45, 2.75) is 13.5 Å². The maximum Gasteiger partial charge on any atom is 0.272 e. The number of carbonyl (C=O) groups excluding carboxylic acids is 1. The molecular formula is C21H19ClFN3O. The zero-order valence-corrected chi connectivity index (χ0v) is 15.6. The van der Waals surface area contributed by atoms with Crippen LogP contribution in [-0.4, -0.2) is 22.3 Å². The van der Waals surface area contributed by atoms with Gasteiger partial charge in [-0.3, -0.25) is 9.78 Å². The van der Waals surface area contributed by atoms with Crippen molar-refractivity contribution in [1.82, 2.24) is 9.88 Å². The summed E-state index contributed by atoms with van der Waals surface area (Å²) in [5, 5.41) is 3.14. The van der Waals surface area contributed by atoms with Crippen LogP contribution in [0.4, 0.5) is 15.8 Å². The zero-order chi connectivity index (χ0) is 19.2. The molecule has 27 heavy (non-hydrogen) atoms. The van der Waals surface area contributed by atoms with Gasteiger partial charge in [0.1, 0.15) is 11.5 Å². The van der Waals surface area contributed by atoms with Crippen LogP contribution in [-0.2, 0) is 6.54 Å². The Labute approximate surface area is 162 Å². The SMILES string of the molecule is CCN(Cc1ccccc1)C(=O)c1cc(Nc2ccc(F)c(Cl)c2)ccn1. The summed E-state index contributed by atoms with van der Waals surface area (Å²) in [7, 11) is 0. The van der Waals surface area contributed by atoms with E-state index in [1.807, 2.05) is 37.3 Å². The second-order valence-corrected chi connectivity index (χ2v) is 6.40. The smallest absolute Gasteiger partial charge is 0.272 e. The Morgan fingerprint density at radius 2 is 1.85 bits per heavy atom. The second-order valence-electron chi connectivity index (χ2n) is 5.99. The molecule has 6 heteroatoms. The molecule has 0 saturated carbocycles. The number of rotatable bonds is 6. The van der Waals surface area contributed by atoms with Crippen molar-refractivity contribution in [2.24, 2.45) is 0 Å². The summed E-state index contributed by atoms with van der Waals surface area (Å²) in [5.74, 6) is -0.630. The van der Waals surface area contributed by atoms with Gasteiger partial charge < -0.3 is 10.2 Å². The summed E-state index contributed by atoms with van der Waals surface area (Å²) >= 11 is 5.81. The van der Waals surface area contributed by atoms with Crippen molar-refractivity contribution in [3.63, 3.8) is 0 Å². The fourth-order valence-electron chi connectivity index (χ4n) is 2.66. The van der Waals surface area contributed by atoms with Gasteiger partial charge in [0.05, 0.1) is 5.02 Å². The Morgan fingerprint density at radius 1 is 1.11 bits per heavy atom. The second kappa shape index (κ2) is 8.64. The molecule has 0 unspecified atom stereocenters. The zero-order valence-electron chi connectivity index (χ0n) is 14.8. The van der Waals surface area contributed by atoms with E-state index in [1.165, 1.54) is 12.1 Å². The lowest BCUT2D eigenvalue weighted by Crippen LogP contribution is -2.31. The van der Waals surface area contributed by atoms with E-state index in [1.54, 1.807) is 29.3 Å². The molecule has 2 aromatic carbocycles. The molecule has 0 spiro atoms. The van der Waals surface area contributed by atoms with Gasteiger partial charge in [0.2, 0.25) is 0 Å². The fraction of sp³-hybridized carbons (Fsp3) is 0.143. The number of anilines is 2. The molecule has 0 radical (unpaired) electrons. The average Bonchev–Trinajstić information content (AvgIpc) is 2.69. The van der Waals surface area contributed by atoms with Crippen LogP contribution in [0.25, 0.3) is 0 Å². The van der Waals surface area contributed by atoms with Gasteiger partial charge in [-0.2, -0.15) is 0 Å². The first kappa shape index (κ1) is 18.9. The number of halogens is 2. The van der Waals surface area contributed by atoms with E-state index in [4.69, 9.17) is 11.6 Å². The van der Waals surface area contributed by atoms with Crippen LogP contribution in [0.15, 0.2) is 66.9 Å². The first-order valence-corrected chi connectivity index (χ1v) is 8.96. The fourth-order valence-corrected chi connectivity index (χ4v) is 2.84. The number of amides is 1. The number of pyridine rings is 1. The Balaban J connectivity index is 1.76. The highest BCUT2D eigenvalue weighted by Crippen LogP contribution is 2.23. The number of nitrogens with zero attached hydrogens (tertiary/aromatic N) is 2. The van der Waals surface area contributed by atoms with E-state index in [9.17, 15) is 9.18 Å². The van der Waals surface area contributed by atoms with Crippen LogP contribution < -0.4 is 5.32 Å². The monoisotopic (exact) mass is 383 g/mol. The Bertz CT molecular complexity index is 934. The molecule has 1 aromatic heterocycles. The van der Waals surface area contributed by atoms with Gasteiger partial charge in [-0.05, 0) is 42.8 Å². The normalized spacial score (nSPS) is 10.5. The largest absolute Gasteiger partial charge is 0.355 e. The Morgan fingerprint density at radius 3 is 2.56 bits per heavy atom. The topological polar surface area (TPSA) is 45.2 Å². The lowest BCUT2D eigenvalue weighted by molar-refractivity contribution is 0.0746. The summed E-state index contributed by atoms with van der Waals surface area (Å²) in [6.45, 7) is 3.02. The molecule has 1 heterocycles. The van der Waals surface area contributed by atoms with E-state index < -0.39 is 5.82 Å². The van der Waals surface area contributed by atoms with E-state index in [0.29, 0.717) is 30.2 Å². The van der Waals surface area contributed by atoms with Crippen LogP contribution >= 0.6 is 11.6 Å². The third kappa shape index (κ3) is 4.83. The molecule has 0 aliphatic rings. The van der Waals surface area contributed by atoms with Gasteiger partial charge in [0.15, 0.2) is 0 Å². The maximum absolute atomic E-state index is 13.3. The van der Waals surface area contributed by atoms with Crippen molar-refractivity contribution in [1.29, 1.82) is 0 Å². The number of hydrogen-bond donors (Lipinski definition) is 1. The maximum atomic E-state index is 13.3. The molecule has 0 atom stereocenters. The molecule has 4 nitrogen and oxygen atoms in total. The summed E-state index contributed by atoms with van der Waals surface area (Å²) in [5.41, 5.74) is 2.70. The summed E-state index contributed by atoms with van der Waals surface area (Å²) in [4.78, 5) is 18.8. The highest BCUT2D eigenvalue weighted by atomic mass is 35.5. The summed E-state index contributed by atoms with van der Waals surface area (Å²) in [6.07, 6.45) is 1.57. The molecule has 3 rings (SSSR count). The number of carbonyl (C=O) groups is 1. The lowest BCUT2D eigenvalue weighted by Gasteiger charge is -2.21. The van der Waals surface area contributed by atoms with E-state index in [-0.39, 0.29) is 10.9 Å². The highest BCUT2D eigenvalue weighted by Gasteiger charge is 2.16. The van der Waals surface area contributed by atoms with Crippen LogP contribution in [0.3, 0.4) is 0 Å². The molecule has 0 saturated heterocycles. The van der Waals surface area contributed by atoms with Gasteiger partial charge in [-0.15, -0.1) is 0 Å². The summed E-state index contributed by atoms with van der Waals surface area (Å²) in [6, 6.07) is 17.6. The van der Waals surface area contributed by atoms with Crippen molar-refractivity contribution in [2.75, 3.05) is 11.9 Å². The van der Waals surface area contributed by atoms with Gasteiger partial charge >= 0.3 is 0 Å². The van der Waals surface area contributed by atoms with Crippen molar-refractivity contribution in [3.8, 4) is 0 Å². The van der Waals surface area contributed by atoms with E-state index in [2.05, 4.69) is 10.3 Å². The first-order valence-electron chi connectivity index (χ1n) is 8.58. The molecule has 0 aliphatic carbocycles. The van der Waals surface area contributed by atoms with Crippen molar-refractivity contribution >= 4 is 28.9 Å². The quantitative estimate of drug-likeness (QED) is 0.629. The van der Waals surface area contributed by atoms with Crippen LogP contribution in [0.1, 0.15) is 23.0 Å². The third-order valence-corrected chi connectivity index (χ3v) is 4.36. The number of hydrogen-bond acceptors (Lipinski definition) is 3.